The van der Waals surface area contributed by atoms with E-state index >= 15 is 0 Å². The number of nitrogen functional groups attached to an aromatic ring is 1. The molecule has 3 N–H and O–H groups in total. The quantitative estimate of drug-likeness (QED) is 0.684. The van der Waals surface area contributed by atoms with Crippen molar-refractivity contribution in [2.24, 2.45) is 0 Å². The van der Waals surface area contributed by atoms with Gasteiger partial charge in [-0.05, 0) is 26.8 Å². The third-order valence-electron chi connectivity index (χ3n) is 1.32. The van der Waals surface area contributed by atoms with Gasteiger partial charge in [-0.1, -0.05) is 11.6 Å². The van der Waals surface area contributed by atoms with Crippen LogP contribution in [0.15, 0.2) is 12.1 Å². The normalized spacial score (nSPS) is 11.4. The maximum Gasteiger partial charge on any atom is 0.133 e. The molecule has 0 bridgehead atoms. The van der Waals surface area contributed by atoms with Gasteiger partial charge in [-0.25, -0.2) is 4.98 Å². The number of pyridine rings is 1. The Morgan fingerprint density at radius 1 is 1.38 bits per heavy atom. The summed E-state index contributed by atoms with van der Waals surface area (Å²) in [5.41, 5.74) is 6.19. The summed E-state index contributed by atoms with van der Waals surface area (Å²) in [6, 6.07) is 3.38. The SMILES string of the molecule is CC(C)(C)Nc1cc(N)cc(Cl)n1. The molecule has 0 unspecified atom stereocenters. The molecule has 4 heteroatoms. The summed E-state index contributed by atoms with van der Waals surface area (Å²) in [6.07, 6.45) is 0. The van der Waals surface area contributed by atoms with Crippen LogP contribution >= 0.6 is 11.6 Å². The van der Waals surface area contributed by atoms with Gasteiger partial charge in [0.25, 0.3) is 0 Å². The van der Waals surface area contributed by atoms with Crippen molar-refractivity contribution in [2.75, 3.05) is 11.1 Å². The molecular weight excluding hydrogens is 186 g/mol. The number of hydrogen-bond acceptors (Lipinski definition) is 3. The predicted octanol–water partition coefficient (Wildman–Crippen LogP) is 2.53. The van der Waals surface area contributed by atoms with E-state index in [1.807, 2.05) is 20.8 Å². The van der Waals surface area contributed by atoms with E-state index in [-0.39, 0.29) is 5.54 Å². The Hall–Kier alpha value is -0.960. The second kappa shape index (κ2) is 3.42. The number of rotatable bonds is 1. The smallest absolute Gasteiger partial charge is 0.133 e. The molecule has 0 saturated carbocycles. The highest BCUT2D eigenvalue weighted by Gasteiger charge is 2.10. The molecule has 0 spiro atoms. The summed E-state index contributed by atoms with van der Waals surface area (Å²) >= 11 is 5.75. The van der Waals surface area contributed by atoms with Gasteiger partial charge in [-0.3, -0.25) is 0 Å². The van der Waals surface area contributed by atoms with E-state index in [1.54, 1.807) is 12.1 Å². The van der Waals surface area contributed by atoms with Gasteiger partial charge in [-0.15, -0.1) is 0 Å². The molecule has 0 aliphatic carbocycles. The van der Waals surface area contributed by atoms with E-state index < -0.39 is 0 Å². The number of hydrogen-bond donors (Lipinski definition) is 2. The lowest BCUT2D eigenvalue weighted by Gasteiger charge is -2.21. The highest BCUT2D eigenvalue weighted by atomic mass is 35.5. The van der Waals surface area contributed by atoms with Crippen LogP contribution in [0.2, 0.25) is 5.15 Å². The number of nitrogens with zero attached hydrogens (tertiary/aromatic N) is 1. The number of aromatic nitrogens is 1. The molecule has 1 rings (SSSR count). The number of nitrogens with two attached hydrogens (primary N) is 1. The molecule has 1 heterocycles. The minimum atomic E-state index is -0.0376. The van der Waals surface area contributed by atoms with Gasteiger partial charge in [-0.2, -0.15) is 0 Å². The lowest BCUT2D eigenvalue weighted by atomic mass is 10.1. The van der Waals surface area contributed by atoms with Crippen LogP contribution in [0, 0.1) is 0 Å². The third kappa shape index (κ3) is 3.51. The first-order valence-electron chi connectivity index (χ1n) is 4.08. The standard InChI is InChI=1S/C9H14ClN3/c1-9(2,3)13-8-5-6(11)4-7(10)12-8/h4-5H,1-3H3,(H3,11,12,13). The molecule has 0 radical (unpaired) electrons. The van der Waals surface area contributed by atoms with Gasteiger partial charge in [0.2, 0.25) is 0 Å². The number of anilines is 2. The molecule has 1 aromatic rings. The summed E-state index contributed by atoms with van der Waals surface area (Å²) in [6.45, 7) is 6.14. The predicted molar refractivity (Wildman–Crippen MR) is 57.0 cm³/mol. The average Bonchev–Trinajstić information content (AvgIpc) is 1.78. The largest absolute Gasteiger partial charge is 0.399 e. The first-order valence-corrected chi connectivity index (χ1v) is 4.46. The topological polar surface area (TPSA) is 50.9 Å². The molecule has 0 saturated heterocycles. The van der Waals surface area contributed by atoms with Crippen molar-refractivity contribution < 1.29 is 0 Å². The molecule has 13 heavy (non-hydrogen) atoms. The van der Waals surface area contributed by atoms with E-state index in [0.29, 0.717) is 16.7 Å². The lowest BCUT2D eigenvalue weighted by Crippen LogP contribution is -2.26. The van der Waals surface area contributed by atoms with Crippen LogP contribution in [0.25, 0.3) is 0 Å². The van der Waals surface area contributed by atoms with Gasteiger partial charge < -0.3 is 11.1 Å². The van der Waals surface area contributed by atoms with Crippen LogP contribution in [-0.2, 0) is 0 Å². The molecular formula is C9H14ClN3. The minimum Gasteiger partial charge on any atom is -0.399 e. The van der Waals surface area contributed by atoms with Crippen molar-refractivity contribution in [1.29, 1.82) is 0 Å². The van der Waals surface area contributed by atoms with Gasteiger partial charge in [0, 0.05) is 17.3 Å². The fourth-order valence-electron chi connectivity index (χ4n) is 0.965. The fraction of sp³-hybridized carbons (Fsp3) is 0.444. The maximum atomic E-state index is 5.75. The Labute approximate surface area is 83.3 Å². The molecule has 0 atom stereocenters. The van der Waals surface area contributed by atoms with Crippen molar-refractivity contribution in [3.63, 3.8) is 0 Å². The zero-order valence-electron chi connectivity index (χ0n) is 8.06. The lowest BCUT2D eigenvalue weighted by molar-refractivity contribution is 0.630. The molecule has 0 aliphatic rings. The molecule has 72 valence electrons. The van der Waals surface area contributed by atoms with Crippen molar-refractivity contribution in [2.45, 2.75) is 26.3 Å². The van der Waals surface area contributed by atoms with E-state index in [2.05, 4.69) is 10.3 Å². The van der Waals surface area contributed by atoms with E-state index in [4.69, 9.17) is 17.3 Å². The molecule has 1 aromatic heterocycles. The van der Waals surface area contributed by atoms with Gasteiger partial charge in [0.1, 0.15) is 11.0 Å². The highest BCUT2D eigenvalue weighted by Crippen LogP contribution is 2.18. The first-order chi connectivity index (χ1) is 5.87. The Bertz CT molecular complexity index is 284. The van der Waals surface area contributed by atoms with Crippen LogP contribution in [0.3, 0.4) is 0 Å². The van der Waals surface area contributed by atoms with Crippen molar-refractivity contribution in [3.05, 3.63) is 17.3 Å². The van der Waals surface area contributed by atoms with Crippen LogP contribution < -0.4 is 11.1 Å². The third-order valence-corrected chi connectivity index (χ3v) is 1.51. The molecule has 0 aromatic carbocycles. The maximum absolute atomic E-state index is 5.75. The fourth-order valence-corrected chi connectivity index (χ4v) is 1.18. The number of nitrogens with one attached hydrogen (secondary N) is 1. The van der Waals surface area contributed by atoms with Crippen molar-refractivity contribution in [1.82, 2.24) is 4.98 Å². The molecule has 0 amide bonds. The Kier molecular flexibility index (Phi) is 2.66. The Morgan fingerprint density at radius 3 is 2.46 bits per heavy atom. The summed E-state index contributed by atoms with van der Waals surface area (Å²) in [5, 5.41) is 3.60. The van der Waals surface area contributed by atoms with Crippen molar-refractivity contribution in [3.8, 4) is 0 Å². The van der Waals surface area contributed by atoms with E-state index in [9.17, 15) is 0 Å². The van der Waals surface area contributed by atoms with Gasteiger partial charge >= 0.3 is 0 Å². The Balaban J connectivity index is 2.90. The monoisotopic (exact) mass is 199 g/mol. The van der Waals surface area contributed by atoms with Crippen LogP contribution in [0.1, 0.15) is 20.8 Å². The Morgan fingerprint density at radius 2 is 2.00 bits per heavy atom. The molecule has 3 nitrogen and oxygen atoms in total. The summed E-state index contributed by atoms with van der Waals surface area (Å²) < 4.78 is 0. The number of halogens is 1. The summed E-state index contributed by atoms with van der Waals surface area (Å²) in [7, 11) is 0. The summed E-state index contributed by atoms with van der Waals surface area (Å²) in [5.74, 6) is 0.706. The second-order valence-corrected chi connectivity index (χ2v) is 4.37. The molecule has 0 fully saturated rings. The highest BCUT2D eigenvalue weighted by molar-refractivity contribution is 6.29. The second-order valence-electron chi connectivity index (χ2n) is 3.98. The zero-order chi connectivity index (χ0) is 10.1. The first kappa shape index (κ1) is 10.1. The van der Waals surface area contributed by atoms with Gasteiger partial charge in [0.05, 0.1) is 0 Å². The minimum absolute atomic E-state index is 0.0376. The van der Waals surface area contributed by atoms with Crippen LogP contribution in [0.5, 0.6) is 0 Å². The average molecular weight is 200 g/mol. The summed E-state index contributed by atoms with van der Waals surface area (Å²) in [4.78, 5) is 4.09. The van der Waals surface area contributed by atoms with E-state index in [1.165, 1.54) is 0 Å². The van der Waals surface area contributed by atoms with E-state index in [0.717, 1.165) is 0 Å². The van der Waals surface area contributed by atoms with Crippen LogP contribution in [0.4, 0.5) is 11.5 Å². The van der Waals surface area contributed by atoms with Gasteiger partial charge in [0.15, 0.2) is 0 Å². The van der Waals surface area contributed by atoms with Crippen LogP contribution in [-0.4, -0.2) is 10.5 Å². The molecule has 0 aliphatic heterocycles. The zero-order valence-corrected chi connectivity index (χ0v) is 8.81. The van der Waals surface area contributed by atoms with Crippen molar-refractivity contribution >= 4 is 23.1 Å².